The predicted molar refractivity (Wildman–Crippen MR) is 275 cm³/mol. The average Bonchev–Trinajstić information content (AvgIpc) is 3.29. The van der Waals surface area contributed by atoms with Gasteiger partial charge in [0.25, 0.3) is 0 Å². The first-order valence-electron chi connectivity index (χ1n) is 28.0. The Morgan fingerprint density at radius 2 is 0.562 bits per heavy atom. The lowest BCUT2D eigenvalue weighted by Gasteiger charge is -2.18. The van der Waals surface area contributed by atoms with Crippen LogP contribution in [0.5, 0.6) is 0 Å². The molecule has 0 heterocycles. The SMILES string of the molecule is CCCCC/C=C\C/C=C\C/C=C\CCCCC(=O)OC[C@H](COC(=O)CCCCCCCCCCCCCC)OC(=O)CCCCCCCCCCCCCCCCCCCCC. The van der Waals surface area contributed by atoms with Crippen molar-refractivity contribution in [3.05, 3.63) is 36.5 Å². The van der Waals surface area contributed by atoms with Gasteiger partial charge >= 0.3 is 17.9 Å². The van der Waals surface area contributed by atoms with E-state index in [9.17, 15) is 14.4 Å². The highest BCUT2D eigenvalue weighted by molar-refractivity contribution is 5.71. The third-order valence-corrected chi connectivity index (χ3v) is 12.4. The molecule has 1 atom stereocenters. The summed E-state index contributed by atoms with van der Waals surface area (Å²) in [7, 11) is 0. The smallest absolute Gasteiger partial charge is 0.306 e. The molecule has 0 rings (SSSR count). The molecule has 6 heteroatoms. The Bertz CT molecular complexity index is 1080. The zero-order chi connectivity index (χ0) is 46.5. The number of esters is 3. The number of carbonyl (C=O) groups excluding carboxylic acids is 3. The molecule has 0 bridgehead atoms. The van der Waals surface area contributed by atoms with Gasteiger partial charge in [-0.3, -0.25) is 14.4 Å². The standard InChI is InChI=1S/C58H106O6/c1-4-7-10-13-16-19-22-25-27-28-29-30-32-34-37-40-43-46-49-52-58(61)64-55(53-62-56(59)50-47-44-41-38-35-24-21-18-15-12-9-6-3)54-63-57(60)51-48-45-42-39-36-33-31-26-23-20-17-14-11-8-5-2/h17,20,26,31,36,39,55H,4-16,18-19,21-25,27-30,32-35,37-38,40-54H2,1-3H3/b20-17-,31-26-,39-36-/t55-/m0/s1. The van der Waals surface area contributed by atoms with Gasteiger partial charge in [-0.1, -0.05) is 256 Å². The lowest BCUT2D eigenvalue weighted by atomic mass is 10.0. The largest absolute Gasteiger partial charge is 0.462 e. The summed E-state index contributed by atoms with van der Waals surface area (Å²) in [6.45, 7) is 6.61. The van der Waals surface area contributed by atoms with Gasteiger partial charge in [-0.15, -0.1) is 0 Å². The maximum atomic E-state index is 12.8. The lowest BCUT2D eigenvalue weighted by molar-refractivity contribution is -0.167. The Kier molecular flexibility index (Phi) is 51.3. The summed E-state index contributed by atoms with van der Waals surface area (Å²) >= 11 is 0. The third kappa shape index (κ3) is 50.6. The lowest BCUT2D eigenvalue weighted by Crippen LogP contribution is -2.30. The van der Waals surface area contributed by atoms with Crippen LogP contribution in [0.1, 0.15) is 297 Å². The minimum absolute atomic E-state index is 0.0796. The molecule has 0 saturated heterocycles. The Hall–Kier alpha value is -2.37. The molecule has 0 N–H and O–H groups in total. The molecule has 0 fully saturated rings. The molecule has 0 spiro atoms. The van der Waals surface area contributed by atoms with E-state index >= 15 is 0 Å². The first kappa shape index (κ1) is 61.6. The Morgan fingerprint density at radius 3 is 0.906 bits per heavy atom. The molecule has 0 aliphatic heterocycles. The molecule has 0 aromatic heterocycles. The molecule has 0 aliphatic rings. The van der Waals surface area contributed by atoms with Crippen molar-refractivity contribution in [2.24, 2.45) is 0 Å². The van der Waals surface area contributed by atoms with Crippen molar-refractivity contribution in [1.82, 2.24) is 0 Å². The Morgan fingerprint density at radius 1 is 0.312 bits per heavy atom. The molecule has 64 heavy (non-hydrogen) atoms. The molecule has 0 aliphatic carbocycles. The van der Waals surface area contributed by atoms with Crippen molar-refractivity contribution in [3.63, 3.8) is 0 Å². The maximum Gasteiger partial charge on any atom is 0.306 e. The zero-order valence-corrected chi connectivity index (χ0v) is 42.8. The topological polar surface area (TPSA) is 78.9 Å². The van der Waals surface area contributed by atoms with Gasteiger partial charge in [0.1, 0.15) is 13.2 Å². The summed E-state index contributed by atoms with van der Waals surface area (Å²) in [5.41, 5.74) is 0. The van der Waals surface area contributed by atoms with Crippen LogP contribution in [0.2, 0.25) is 0 Å². The van der Waals surface area contributed by atoms with Crippen molar-refractivity contribution in [3.8, 4) is 0 Å². The van der Waals surface area contributed by atoms with Crippen LogP contribution in [-0.4, -0.2) is 37.2 Å². The number of hydrogen-bond acceptors (Lipinski definition) is 6. The van der Waals surface area contributed by atoms with E-state index in [0.717, 1.165) is 70.6 Å². The number of unbranched alkanes of at least 4 members (excludes halogenated alkanes) is 34. The monoisotopic (exact) mass is 899 g/mol. The summed E-state index contributed by atoms with van der Waals surface area (Å²) in [4.78, 5) is 38.0. The van der Waals surface area contributed by atoms with Crippen LogP contribution in [-0.2, 0) is 28.6 Å². The highest BCUT2D eigenvalue weighted by Crippen LogP contribution is 2.17. The van der Waals surface area contributed by atoms with Gasteiger partial charge in [-0.25, -0.2) is 0 Å². The summed E-state index contributed by atoms with van der Waals surface area (Å²) in [5.74, 6) is -0.903. The van der Waals surface area contributed by atoms with Gasteiger partial charge < -0.3 is 14.2 Å². The Balaban J connectivity index is 4.35. The van der Waals surface area contributed by atoms with Crippen LogP contribution >= 0.6 is 0 Å². The fourth-order valence-electron chi connectivity index (χ4n) is 8.16. The molecule has 374 valence electrons. The van der Waals surface area contributed by atoms with E-state index < -0.39 is 6.10 Å². The van der Waals surface area contributed by atoms with Gasteiger partial charge in [0, 0.05) is 19.3 Å². The van der Waals surface area contributed by atoms with E-state index in [-0.39, 0.29) is 31.1 Å². The third-order valence-electron chi connectivity index (χ3n) is 12.4. The fraction of sp³-hybridized carbons (Fsp3) is 0.845. The summed E-state index contributed by atoms with van der Waals surface area (Å²) in [6, 6.07) is 0. The molecule has 0 saturated carbocycles. The van der Waals surface area contributed by atoms with E-state index in [1.165, 1.54) is 186 Å². The van der Waals surface area contributed by atoms with Gasteiger partial charge in [0.2, 0.25) is 0 Å². The second-order valence-corrected chi connectivity index (χ2v) is 18.9. The average molecular weight is 899 g/mol. The second kappa shape index (κ2) is 53.2. The number of carbonyl (C=O) groups is 3. The number of allylic oxidation sites excluding steroid dienone is 6. The van der Waals surface area contributed by atoms with E-state index in [4.69, 9.17) is 14.2 Å². The van der Waals surface area contributed by atoms with Crippen molar-refractivity contribution < 1.29 is 28.6 Å². The molecular formula is C58H106O6. The van der Waals surface area contributed by atoms with Crippen molar-refractivity contribution >= 4 is 17.9 Å². The molecular weight excluding hydrogens is 793 g/mol. The Labute approximate surface area is 397 Å². The minimum Gasteiger partial charge on any atom is -0.462 e. The minimum atomic E-state index is -0.782. The predicted octanol–water partition coefficient (Wildman–Crippen LogP) is 18.5. The number of ether oxygens (including phenoxy) is 3. The molecule has 0 aromatic carbocycles. The molecule has 0 aromatic rings. The van der Waals surface area contributed by atoms with E-state index in [1.54, 1.807) is 0 Å². The zero-order valence-electron chi connectivity index (χ0n) is 42.8. The number of rotatable bonds is 51. The van der Waals surface area contributed by atoms with Crippen LogP contribution in [0.4, 0.5) is 0 Å². The molecule has 6 nitrogen and oxygen atoms in total. The normalized spacial score (nSPS) is 12.2. The fourth-order valence-corrected chi connectivity index (χ4v) is 8.16. The first-order valence-corrected chi connectivity index (χ1v) is 28.0. The number of hydrogen-bond donors (Lipinski definition) is 0. The van der Waals surface area contributed by atoms with Gasteiger partial charge in [0.05, 0.1) is 0 Å². The van der Waals surface area contributed by atoms with Crippen LogP contribution in [0, 0.1) is 0 Å². The van der Waals surface area contributed by atoms with Crippen LogP contribution in [0.3, 0.4) is 0 Å². The quantitative estimate of drug-likeness (QED) is 0.0262. The van der Waals surface area contributed by atoms with E-state index in [0.29, 0.717) is 19.3 Å². The maximum absolute atomic E-state index is 12.8. The van der Waals surface area contributed by atoms with Gasteiger partial charge in [0.15, 0.2) is 6.10 Å². The van der Waals surface area contributed by atoms with E-state index in [1.807, 2.05) is 0 Å². The summed E-state index contributed by atoms with van der Waals surface area (Å²) < 4.78 is 16.8. The van der Waals surface area contributed by atoms with Crippen LogP contribution < -0.4 is 0 Å². The highest BCUT2D eigenvalue weighted by atomic mass is 16.6. The molecule has 0 unspecified atom stereocenters. The second-order valence-electron chi connectivity index (χ2n) is 18.9. The van der Waals surface area contributed by atoms with Crippen LogP contribution in [0.15, 0.2) is 36.5 Å². The molecule has 0 amide bonds. The van der Waals surface area contributed by atoms with Crippen molar-refractivity contribution in [1.29, 1.82) is 0 Å². The van der Waals surface area contributed by atoms with Crippen molar-refractivity contribution in [2.75, 3.05) is 13.2 Å². The van der Waals surface area contributed by atoms with E-state index in [2.05, 4.69) is 57.2 Å². The van der Waals surface area contributed by atoms with Crippen LogP contribution in [0.25, 0.3) is 0 Å². The first-order chi connectivity index (χ1) is 31.5. The molecule has 0 radical (unpaired) electrons. The van der Waals surface area contributed by atoms with Crippen molar-refractivity contribution in [2.45, 2.75) is 303 Å². The highest BCUT2D eigenvalue weighted by Gasteiger charge is 2.19. The van der Waals surface area contributed by atoms with Gasteiger partial charge in [-0.05, 0) is 57.8 Å². The summed E-state index contributed by atoms with van der Waals surface area (Å²) in [5, 5.41) is 0. The van der Waals surface area contributed by atoms with Gasteiger partial charge in [-0.2, -0.15) is 0 Å². The summed E-state index contributed by atoms with van der Waals surface area (Å²) in [6.07, 6.45) is 62.8.